The van der Waals surface area contributed by atoms with Crippen LogP contribution in [0, 0.1) is 0 Å². The first kappa shape index (κ1) is 12.7. The molecule has 0 aromatic heterocycles. The number of ether oxygens (including phenoxy) is 2. The molecule has 0 spiro atoms. The van der Waals surface area contributed by atoms with Crippen molar-refractivity contribution in [3.8, 4) is 11.5 Å². The lowest BCUT2D eigenvalue weighted by atomic mass is 10.2. The topological polar surface area (TPSA) is 67.8 Å². The van der Waals surface area contributed by atoms with E-state index in [4.69, 9.17) is 9.47 Å². The van der Waals surface area contributed by atoms with Crippen LogP contribution in [0.25, 0.3) is 0 Å². The third-order valence-corrected chi connectivity index (χ3v) is 2.77. The molecule has 1 aliphatic heterocycles. The Morgan fingerprint density at radius 1 is 1.50 bits per heavy atom. The lowest BCUT2D eigenvalue weighted by molar-refractivity contribution is -0.123. The fourth-order valence-corrected chi connectivity index (χ4v) is 1.81. The van der Waals surface area contributed by atoms with Gasteiger partial charge in [0.1, 0.15) is 0 Å². The number of carbonyl (C=O) groups is 1. The Hall–Kier alpha value is -1.75. The van der Waals surface area contributed by atoms with Crippen molar-refractivity contribution in [2.45, 2.75) is 18.9 Å². The van der Waals surface area contributed by atoms with Gasteiger partial charge < -0.3 is 19.9 Å². The van der Waals surface area contributed by atoms with Gasteiger partial charge in [-0.2, -0.15) is 0 Å². The standard InChI is InChI=1S/C13H17NO4/c15-11-5-1-2-6-12(11)18-9-13(16)14-8-10-4-3-7-17-10/h1-2,5-6,10,15H,3-4,7-9H2,(H,14,16)/t10-/m0/s1. The number of amides is 1. The van der Waals surface area contributed by atoms with Crippen molar-refractivity contribution in [3.05, 3.63) is 24.3 Å². The smallest absolute Gasteiger partial charge is 0.258 e. The van der Waals surface area contributed by atoms with Gasteiger partial charge in [-0.3, -0.25) is 4.79 Å². The molecule has 5 heteroatoms. The van der Waals surface area contributed by atoms with E-state index in [2.05, 4.69) is 5.32 Å². The normalized spacial score (nSPS) is 18.6. The van der Waals surface area contributed by atoms with E-state index in [-0.39, 0.29) is 24.4 Å². The highest BCUT2D eigenvalue weighted by Crippen LogP contribution is 2.23. The second kappa shape index (κ2) is 6.26. The highest BCUT2D eigenvalue weighted by atomic mass is 16.5. The number of hydrogen-bond acceptors (Lipinski definition) is 4. The molecule has 1 atom stereocenters. The third-order valence-electron chi connectivity index (χ3n) is 2.77. The molecule has 1 aromatic carbocycles. The van der Waals surface area contributed by atoms with Gasteiger partial charge in [0.15, 0.2) is 18.1 Å². The van der Waals surface area contributed by atoms with Crippen molar-refractivity contribution < 1.29 is 19.4 Å². The largest absolute Gasteiger partial charge is 0.504 e. The molecule has 0 unspecified atom stereocenters. The molecule has 1 amide bonds. The first-order valence-electron chi connectivity index (χ1n) is 6.05. The van der Waals surface area contributed by atoms with Crippen LogP contribution in [-0.2, 0) is 9.53 Å². The maximum atomic E-state index is 11.5. The summed E-state index contributed by atoms with van der Waals surface area (Å²) in [7, 11) is 0. The summed E-state index contributed by atoms with van der Waals surface area (Å²) in [5.41, 5.74) is 0. The van der Waals surface area contributed by atoms with Gasteiger partial charge in [0.05, 0.1) is 6.10 Å². The predicted octanol–water partition coefficient (Wildman–Crippen LogP) is 1.07. The molecule has 0 aliphatic carbocycles. The van der Waals surface area contributed by atoms with Crippen LogP contribution in [0.5, 0.6) is 11.5 Å². The Balaban J connectivity index is 1.69. The quantitative estimate of drug-likeness (QED) is 0.821. The molecule has 2 N–H and O–H groups in total. The summed E-state index contributed by atoms with van der Waals surface area (Å²) >= 11 is 0. The van der Waals surface area contributed by atoms with E-state index in [9.17, 15) is 9.90 Å². The lowest BCUT2D eigenvalue weighted by Gasteiger charge is -2.11. The van der Waals surface area contributed by atoms with Crippen LogP contribution >= 0.6 is 0 Å². The fraction of sp³-hybridized carbons (Fsp3) is 0.462. The maximum Gasteiger partial charge on any atom is 0.258 e. The van der Waals surface area contributed by atoms with Gasteiger partial charge in [0.2, 0.25) is 0 Å². The number of hydrogen-bond donors (Lipinski definition) is 2. The van der Waals surface area contributed by atoms with Crippen LogP contribution in [0.15, 0.2) is 24.3 Å². The summed E-state index contributed by atoms with van der Waals surface area (Å²) in [5.74, 6) is 0.128. The highest BCUT2D eigenvalue weighted by Gasteiger charge is 2.16. The van der Waals surface area contributed by atoms with Crippen molar-refractivity contribution in [1.29, 1.82) is 0 Å². The zero-order valence-electron chi connectivity index (χ0n) is 10.1. The molecule has 1 saturated heterocycles. The van der Waals surface area contributed by atoms with Crippen LogP contribution in [0.1, 0.15) is 12.8 Å². The average molecular weight is 251 g/mol. The first-order chi connectivity index (χ1) is 8.75. The summed E-state index contributed by atoms with van der Waals surface area (Å²) in [4.78, 5) is 11.5. The number of nitrogens with one attached hydrogen (secondary N) is 1. The minimum Gasteiger partial charge on any atom is -0.504 e. The van der Waals surface area contributed by atoms with Gasteiger partial charge in [0.25, 0.3) is 5.91 Å². The molecule has 0 radical (unpaired) electrons. The summed E-state index contributed by atoms with van der Waals surface area (Å²) in [6, 6.07) is 6.56. The number of phenols is 1. The van der Waals surface area contributed by atoms with Crippen molar-refractivity contribution in [2.75, 3.05) is 19.8 Å². The van der Waals surface area contributed by atoms with Crippen LogP contribution in [0.2, 0.25) is 0 Å². The van der Waals surface area contributed by atoms with E-state index in [0.29, 0.717) is 12.3 Å². The summed E-state index contributed by atoms with van der Waals surface area (Å²) in [6.45, 7) is 1.18. The molecule has 2 rings (SSSR count). The number of rotatable bonds is 5. The molecular weight excluding hydrogens is 234 g/mol. The van der Waals surface area contributed by atoms with Crippen LogP contribution in [0.3, 0.4) is 0 Å². The summed E-state index contributed by atoms with van der Waals surface area (Å²) < 4.78 is 10.6. The Kier molecular flexibility index (Phi) is 4.41. The summed E-state index contributed by atoms with van der Waals surface area (Å²) in [6.07, 6.45) is 2.16. The van der Waals surface area contributed by atoms with Gasteiger partial charge in [-0.15, -0.1) is 0 Å². The summed E-state index contributed by atoms with van der Waals surface area (Å²) in [5, 5.41) is 12.2. The van der Waals surface area contributed by atoms with Crippen molar-refractivity contribution in [2.24, 2.45) is 0 Å². The van der Waals surface area contributed by atoms with Gasteiger partial charge in [-0.1, -0.05) is 12.1 Å². The van der Waals surface area contributed by atoms with E-state index >= 15 is 0 Å². The van der Waals surface area contributed by atoms with Crippen molar-refractivity contribution >= 4 is 5.91 Å². The Bertz CT molecular complexity index is 402. The second-order valence-electron chi connectivity index (χ2n) is 4.20. The van der Waals surface area contributed by atoms with Crippen LogP contribution in [0.4, 0.5) is 0 Å². The van der Waals surface area contributed by atoms with E-state index in [0.717, 1.165) is 19.4 Å². The Morgan fingerprint density at radius 2 is 2.33 bits per heavy atom. The van der Waals surface area contributed by atoms with Crippen LogP contribution < -0.4 is 10.1 Å². The molecule has 5 nitrogen and oxygen atoms in total. The number of benzene rings is 1. The van der Waals surface area contributed by atoms with Gasteiger partial charge in [-0.05, 0) is 25.0 Å². The molecule has 1 fully saturated rings. The second-order valence-corrected chi connectivity index (χ2v) is 4.20. The predicted molar refractivity (Wildman–Crippen MR) is 65.6 cm³/mol. The fourth-order valence-electron chi connectivity index (χ4n) is 1.81. The molecule has 0 saturated carbocycles. The lowest BCUT2D eigenvalue weighted by Crippen LogP contribution is -2.35. The molecule has 1 heterocycles. The maximum absolute atomic E-state index is 11.5. The van der Waals surface area contributed by atoms with E-state index in [1.807, 2.05) is 0 Å². The zero-order valence-corrected chi connectivity index (χ0v) is 10.1. The molecule has 1 aromatic rings. The molecule has 18 heavy (non-hydrogen) atoms. The van der Waals surface area contributed by atoms with Crippen molar-refractivity contribution in [3.63, 3.8) is 0 Å². The minimum absolute atomic E-state index is 0.0319. The Labute approximate surface area is 106 Å². The Morgan fingerprint density at radius 3 is 3.06 bits per heavy atom. The minimum atomic E-state index is -0.214. The molecular formula is C13H17NO4. The third kappa shape index (κ3) is 3.63. The SMILES string of the molecule is O=C(COc1ccccc1O)NC[C@@H]1CCCO1. The van der Waals surface area contributed by atoms with E-state index in [1.54, 1.807) is 18.2 Å². The molecule has 98 valence electrons. The van der Waals surface area contributed by atoms with Gasteiger partial charge in [0, 0.05) is 13.2 Å². The van der Waals surface area contributed by atoms with Gasteiger partial charge >= 0.3 is 0 Å². The monoisotopic (exact) mass is 251 g/mol. The van der Waals surface area contributed by atoms with Crippen molar-refractivity contribution in [1.82, 2.24) is 5.32 Å². The molecule has 1 aliphatic rings. The van der Waals surface area contributed by atoms with Gasteiger partial charge in [-0.25, -0.2) is 0 Å². The highest BCUT2D eigenvalue weighted by molar-refractivity contribution is 5.77. The number of aromatic hydroxyl groups is 1. The first-order valence-corrected chi connectivity index (χ1v) is 6.05. The number of para-hydroxylation sites is 2. The number of phenolic OH excluding ortho intramolecular Hbond substituents is 1. The molecule has 0 bridgehead atoms. The average Bonchev–Trinajstić information content (AvgIpc) is 2.88. The zero-order chi connectivity index (χ0) is 12.8. The number of carbonyl (C=O) groups excluding carboxylic acids is 1. The van der Waals surface area contributed by atoms with Crippen LogP contribution in [-0.4, -0.2) is 36.9 Å². The van der Waals surface area contributed by atoms with E-state index < -0.39 is 0 Å². The van der Waals surface area contributed by atoms with E-state index in [1.165, 1.54) is 6.07 Å².